The predicted molar refractivity (Wildman–Crippen MR) is 84.1 cm³/mol. The van der Waals surface area contributed by atoms with Gasteiger partial charge in [0.2, 0.25) is 11.9 Å². The zero-order valence-corrected chi connectivity index (χ0v) is 13.5. The molecule has 1 fully saturated rings. The third kappa shape index (κ3) is 4.42. The first-order valence-corrected chi connectivity index (χ1v) is 7.69. The molecule has 2 rings (SSSR count). The third-order valence-electron chi connectivity index (χ3n) is 3.72. The number of nitrogens with zero attached hydrogens (tertiary/aromatic N) is 5. The van der Waals surface area contributed by atoms with Gasteiger partial charge < -0.3 is 19.9 Å². The Balaban J connectivity index is 1.98. The molecule has 0 atom stereocenters. The highest BCUT2D eigenvalue weighted by Crippen LogP contribution is 2.24. The van der Waals surface area contributed by atoms with Crippen LogP contribution in [0.15, 0.2) is 0 Å². The van der Waals surface area contributed by atoms with E-state index in [1.54, 1.807) is 7.05 Å². The van der Waals surface area contributed by atoms with Crippen LogP contribution < -0.4 is 15.0 Å². The molecule has 0 aromatic carbocycles. The Bertz CT molecular complexity index is 447. The minimum Gasteiger partial charge on any atom is -0.462 e. The van der Waals surface area contributed by atoms with E-state index in [0.29, 0.717) is 24.5 Å². The normalized spacial score (nSPS) is 14.3. The third-order valence-corrected chi connectivity index (χ3v) is 3.72. The van der Waals surface area contributed by atoms with Crippen LogP contribution in [-0.2, 0) is 0 Å². The molecule has 0 unspecified atom stereocenters. The summed E-state index contributed by atoms with van der Waals surface area (Å²) in [6.45, 7) is 7.36. The van der Waals surface area contributed by atoms with E-state index in [4.69, 9.17) is 4.74 Å². The van der Waals surface area contributed by atoms with Crippen molar-refractivity contribution in [1.29, 1.82) is 0 Å². The molecule has 0 bridgehead atoms. The second-order valence-corrected chi connectivity index (χ2v) is 5.22. The second-order valence-electron chi connectivity index (χ2n) is 5.22. The largest absolute Gasteiger partial charge is 0.462 e. The van der Waals surface area contributed by atoms with Crippen molar-refractivity contribution in [3.05, 3.63) is 0 Å². The summed E-state index contributed by atoms with van der Waals surface area (Å²) < 4.78 is 5.71. The Kier molecular flexibility index (Phi) is 5.55. The van der Waals surface area contributed by atoms with E-state index in [-0.39, 0.29) is 0 Å². The van der Waals surface area contributed by atoms with Crippen molar-refractivity contribution in [1.82, 2.24) is 19.9 Å². The molecule has 21 heavy (non-hydrogen) atoms. The molecule has 0 amide bonds. The summed E-state index contributed by atoms with van der Waals surface area (Å²) >= 11 is 0. The monoisotopic (exact) mass is 294 g/mol. The quantitative estimate of drug-likeness (QED) is 0.735. The molecule has 7 nitrogen and oxygen atoms in total. The van der Waals surface area contributed by atoms with Crippen LogP contribution in [0.4, 0.5) is 11.9 Å². The van der Waals surface area contributed by atoms with Gasteiger partial charge in [-0.25, -0.2) is 0 Å². The molecule has 0 aliphatic heterocycles. The van der Waals surface area contributed by atoms with Crippen LogP contribution in [0.5, 0.6) is 6.01 Å². The number of hydrogen-bond donors (Lipinski definition) is 1. The van der Waals surface area contributed by atoms with E-state index in [1.165, 1.54) is 12.8 Å². The van der Waals surface area contributed by atoms with Gasteiger partial charge in [0.05, 0.1) is 0 Å². The molecule has 1 aliphatic rings. The zero-order chi connectivity index (χ0) is 15.2. The minimum absolute atomic E-state index is 0.389. The summed E-state index contributed by atoms with van der Waals surface area (Å²) in [6.07, 6.45) is 2.61. The lowest BCUT2D eigenvalue weighted by Gasteiger charge is -2.19. The van der Waals surface area contributed by atoms with Gasteiger partial charge in [-0.1, -0.05) is 0 Å². The van der Waals surface area contributed by atoms with E-state index < -0.39 is 0 Å². The maximum absolute atomic E-state index is 5.71. The van der Waals surface area contributed by atoms with E-state index in [2.05, 4.69) is 51.0 Å². The molecule has 1 N–H and O–H groups in total. The van der Waals surface area contributed by atoms with Crippen molar-refractivity contribution in [3.8, 4) is 6.01 Å². The lowest BCUT2D eigenvalue weighted by atomic mass is 10.5. The van der Waals surface area contributed by atoms with Crippen molar-refractivity contribution in [2.75, 3.05) is 50.6 Å². The van der Waals surface area contributed by atoms with Crippen LogP contribution in [0.2, 0.25) is 0 Å². The Morgan fingerprint density at radius 2 is 1.90 bits per heavy atom. The first kappa shape index (κ1) is 15.8. The van der Waals surface area contributed by atoms with Gasteiger partial charge in [0.1, 0.15) is 6.61 Å². The molecule has 7 heteroatoms. The Labute approximate surface area is 126 Å². The van der Waals surface area contributed by atoms with Gasteiger partial charge in [0.15, 0.2) is 0 Å². The highest BCUT2D eigenvalue weighted by molar-refractivity contribution is 5.37. The fraction of sp³-hybridized carbons (Fsp3) is 0.786. The minimum atomic E-state index is 0.389. The number of aromatic nitrogens is 3. The van der Waals surface area contributed by atoms with Crippen molar-refractivity contribution in [2.45, 2.75) is 32.7 Å². The van der Waals surface area contributed by atoms with Crippen molar-refractivity contribution < 1.29 is 4.74 Å². The average Bonchev–Trinajstić information content (AvgIpc) is 3.33. The number of rotatable bonds is 9. The molecule has 1 aromatic heterocycles. The molecule has 0 spiro atoms. The highest BCUT2D eigenvalue weighted by Gasteiger charge is 2.25. The summed E-state index contributed by atoms with van der Waals surface area (Å²) in [6, 6.07) is 1.13. The van der Waals surface area contributed by atoms with Gasteiger partial charge in [-0.05, 0) is 33.7 Å². The van der Waals surface area contributed by atoms with Crippen LogP contribution >= 0.6 is 0 Å². The SMILES string of the molecule is CCN(CC)c1nc(NC)nc(OCCN(C)C2CC2)n1. The van der Waals surface area contributed by atoms with E-state index in [9.17, 15) is 0 Å². The van der Waals surface area contributed by atoms with Gasteiger partial charge in [-0.3, -0.25) is 0 Å². The maximum atomic E-state index is 5.71. The second kappa shape index (κ2) is 7.40. The van der Waals surface area contributed by atoms with Gasteiger partial charge in [-0.2, -0.15) is 15.0 Å². The molecule has 1 saturated carbocycles. The standard InChI is InChI=1S/C14H26N6O/c1-5-20(6-2)13-16-12(15-3)17-14(18-13)21-10-9-19(4)11-7-8-11/h11H,5-10H2,1-4H3,(H,15,16,17,18). The number of nitrogens with one attached hydrogen (secondary N) is 1. The van der Waals surface area contributed by atoms with E-state index in [1.807, 2.05) is 0 Å². The number of likely N-dealkylation sites (N-methyl/N-ethyl adjacent to an activating group) is 1. The average molecular weight is 294 g/mol. The highest BCUT2D eigenvalue weighted by atomic mass is 16.5. The summed E-state index contributed by atoms with van der Waals surface area (Å²) in [5, 5.41) is 2.96. The van der Waals surface area contributed by atoms with E-state index >= 15 is 0 Å². The van der Waals surface area contributed by atoms with Gasteiger partial charge in [0.25, 0.3) is 0 Å². The first-order chi connectivity index (χ1) is 10.2. The smallest absolute Gasteiger partial charge is 0.323 e. The molecule has 118 valence electrons. The van der Waals surface area contributed by atoms with Gasteiger partial charge in [-0.15, -0.1) is 0 Å². The maximum Gasteiger partial charge on any atom is 0.323 e. The Morgan fingerprint density at radius 1 is 1.19 bits per heavy atom. The Hall–Kier alpha value is -1.63. The number of hydrogen-bond acceptors (Lipinski definition) is 7. The topological polar surface area (TPSA) is 66.4 Å². The molecular formula is C14H26N6O. The van der Waals surface area contributed by atoms with Crippen molar-refractivity contribution >= 4 is 11.9 Å². The molecule has 1 aliphatic carbocycles. The summed E-state index contributed by atoms with van der Waals surface area (Å²) in [5.74, 6) is 1.20. The molecule has 0 radical (unpaired) electrons. The summed E-state index contributed by atoms with van der Waals surface area (Å²) in [5.41, 5.74) is 0. The fourth-order valence-corrected chi connectivity index (χ4v) is 2.15. The predicted octanol–water partition coefficient (Wildman–Crippen LogP) is 1.23. The van der Waals surface area contributed by atoms with Crippen LogP contribution in [0.3, 0.4) is 0 Å². The van der Waals surface area contributed by atoms with E-state index in [0.717, 1.165) is 25.7 Å². The van der Waals surface area contributed by atoms with Crippen LogP contribution in [0.1, 0.15) is 26.7 Å². The molecule has 0 saturated heterocycles. The number of ether oxygens (including phenoxy) is 1. The van der Waals surface area contributed by atoms with Crippen LogP contribution in [0, 0.1) is 0 Å². The lowest BCUT2D eigenvalue weighted by Crippen LogP contribution is -2.27. The summed E-state index contributed by atoms with van der Waals surface area (Å²) in [4.78, 5) is 17.4. The zero-order valence-electron chi connectivity index (χ0n) is 13.5. The van der Waals surface area contributed by atoms with Gasteiger partial charge >= 0.3 is 6.01 Å². The number of anilines is 2. The summed E-state index contributed by atoms with van der Waals surface area (Å²) in [7, 11) is 3.93. The first-order valence-electron chi connectivity index (χ1n) is 7.69. The Morgan fingerprint density at radius 3 is 2.48 bits per heavy atom. The van der Waals surface area contributed by atoms with Crippen molar-refractivity contribution in [3.63, 3.8) is 0 Å². The molecular weight excluding hydrogens is 268 g/mol. The lowest BCUT2D eigenvalue weighted by molar-refractivity contribution is 0.220. The van der Waals surface area contributed by atoms with Gasteiger partial charge in [0, 0.05) is 32.7 Å². The van der Waals surface area contributed by atoms with Crippen molar-refractivity contribution in [2.24, 2.45) is 0 Å². The van der Waals surface area contributed by atoms with Crippen LogP contribution in [-0.4, -0.2) is 66.2 Å². The molecule has 1 heterocycles. The molecule has 1 aromatic rings. The van der Waals surface area contributed by atoms with Crippen LogP contribution in [0.25, 0.3) is 0 Å². The fourth-order valence-electron chi connectivity index (χ4n) is 2.15.